The summed E-state index contributed by atoms with van der Waals surface area (Å²) in [6.07, 6.45) is 2.34. The molecule has 2 aliphatic rings. The Bertz CT molecular complexity index is 694. The summed E-state index contributed by atoms with van der Waals surface area (Å²) in [5, 5.41) is 4.33. The lowest BCUT2D eigenvalue weighted by Crippen LogP contribution is -2.50. The lowest BCUT2D eigenvalue weighted by Gasteiger charge is -2.25. The topological polar surface area (TPSA) is 46.5 Å². The van der Waals surface area contributed by atoms with E-state index in [2.05, 4.69) is 52.3 Å². The molecular weight excluding hydrogens is 266 g/mol. The molecule has 1 aromatic carbocycles. The number of para-hydroxylation sites is 1. The zero-order chi connectivity index (χ0) is 14.4. The number of nitrogens with zero attached hydrogens (tertiary/aromatic N) is 2. The number of carbonyl (C=O) groups excluding carboxylic acids is 1. The van der Waals surface area contributed by atoms with Crippen LogP contribution in [-0.4, -0.2) is 47.2 Å². The Hall–Kier alpha value is -1.85. The Labute approximate surface area is 123 Å². The molecule has 1 aromatic heterocycles. The third-order valence-electron chi connectivity index (χ3n) is 4.49. The van der Waals surface area contributed by atoms with Gasteiger partial charge in [0.2, 0.25) is 5.91 Å². The Balaban J connectivity index is 1.55. The fourth-order valence-electron chi connectivity index (χ4n) is 3.51. The first-order valence-corrected chi connectivity index (χ1v) is 7.37. The molecule has 2 atom stereocenters. The van der Waals surface area contributed by atoms with Crippen molar-refractivity contribution in [2.75, 3.05) is 19.7 Å². The molecule has 110 valence electrons. The number of amides is 1. The smallest absolute Gasteiger partial charge is 0.246 e. The van der Waals surface area contributed by atoms with E-state index in [1.54, 1.807) is 0 Å². The van der Waals surface area contributed by atoms with Crippen molar-refractivity contribution >= 4 is 16.8 Å². The first-order valence-electron chi connectivity index (χ1n) is 7.37. The monoisotopic (exact) mass is 285 g/mol. The maximum atomic E-state index is 11.4. The Morgan fingerprint density at radius 2 is 2.19 bits per heavy atom. The summed E-state index contributed by atoms with van der Waals surface area (Å²) < 4.78 is 7.79. The maximum absolute atomic E-state index is 11.4. The number of aromatic nitrogens is 1. The molecule has 5 heteroatoms. The predicted octanol–water partition coefficient (Wildman–Crippen LogP) is 0.878. The average Bonchev–Trinajstić information content (AvgIpc) is 3.01. The number of carbonyl (C=O) groups is 1. The number of benzene rings is 1. The molecule has 2 saturated heterocycles. The van der Waals surface area contributed by atoms with Crippen molar-refractivity contribution in [3.05, 3.63) is 36.0 Å². The van der Waals surface area contributed by atoms with E-state index < -0.39 is 0 Å². The van der Waals surface area contributed by atoms with Gasteiger partial charge < -0.3 is 14.6 Å². The molecule has 5 nitrogen and oxygen atoms in total. The van der Waals surface area contributed by atoms with Crippen LogP contribution in [0.1, 0.15) is 5.56 Å². The van der Waals surface area contributed by atoms with E-state index in [0.717, 1.165) is 19.6 Å². The number of hydrogen-bond acceptors (Lipinski definition) is 3. The molecule has 0 spiro atoms. The minimum Gasteiger partial charge on any atom is -0.365 e. The fraction of sp³-hybridized carbons (Fsp3) is 0.438. The second-order valence-electron chi connectivity index (χ2n) is 6.00. The number of morpholine rings is 1. The second-order valence-corrected chi connectivity index (χ2v) is 6.00. The van der Waals surface area contributed by atoms with Gasteiger partial charge in [0.05, 0.1) is 12.1 Å². The first kappa shape index (κ1) is 12.9. The molecule has 2 fully saturated rings. The van der Waals surface area contributed by atoms with Gasteiger partial charge in [-0.3, -0.25) is 9.69 Å². The zero-order valence-electron chi connectivity index (χ0n) is 12.1. The van der Waals surface area contributed by atoms with Gasteiger partial charge in [-0.15, -0.1) is 0 Å². The highest BCUT2D eigenvalue weighted by molar-refractivity contribution is 5.83. The zero-order valence-corrected chi connectivity index (χ0v) is 12.1. The predicted molar refractivity (Wildman–Crippen MR) is 79.9 cm³/mol. The van der Waals surface area contributed by atoms with E-state index in [1.165, 1.54) is 16.5 Å². The molecule has 2 aromatic rings. The average molecular weight is 285 g/mol. The van der Waals surface area contributed by atoms with Crippen molar-refractivity contribution in [2.45, 2.75) is 18.7 Å². The molecular formula is C16H19N3O2. The summed E-state index contributed by atoms with van der Waals surface area (Å²) in [7, 11) is 2.08. The maximum Gasteiger partial charge on any atom is 0.246 e. The van der Waals surface area contributed by atoms with Crippen LogP contribution in [0.15, 0.2) is 30.5 Å². The van der Waals surface area contributed by atoms with Crippen molar-refractivity contribution in [2.24, 2.45) is 7.05 Å². The van der Waals surface area contributed by atoms with Crippen LogP contribution in [0, 0.1) is 0 Å². The van der Waals surface area contributed by atoms with E-state index in [-0.39, 0.29) is 24.7 Å². The standard InChI is InChI=1S/C16H19N3O2/c1-18-6-11(12-4-2-3-5-14(12)18)7-19-8-13-15(9-19)21-10-16(20)17-13/h2-6,13,15H,7-10H2,1H3,(H,17,20)/t13-,15+/m1/s1. The number of aryl methyl sites for hydroxylation is 1. The molecule has 3 heterocycles. The van der Waals surface area contributed by atoms with Gasteiger partial charge in [-0.05, 0) is 11.6 Å². The summed E-state index contributed by atoms with van der Waals surface area (Å²) >= 11 is 0. The number of likely N-dealkylation sites (tertiary alicyclic amines) is 1. The highest BCUT2D eigenvalue weighted by Crippen LogP contribution is 2.24. The molecule has 1 N–H and O–H groups in total. The molecule has 0 bridgehead atoms. The Morgan fingerprint density at radius 3 is 3.10 bits per heavy atom. The Kier molecular flexibility index (Phi) is 2.97. The van der Waals surface area contributed by atoms with Crippen LogP contribution < -0.4 is 5.32 Å². The van der Waals surface area contributed by atoms with Gasteiger partial charge in [-0.2, -0.15) is 0 Å². The highest BCUT2D eigenvalue weighted by atomic mass is 16.5. The number of ether oxygens (including phenoxy) is 1. The quantitative estimate of drug-likeness (QED) is 0.891. The van der Waals surface area contributed by atoms with Crippen molar-refractivity contribution in [3.8, 4) is 0 Å². The summed E-state index contributed by atoms with van der Waals surface area (Å²) in [4.78, 5) is 13.8. The summed E-state index contributed by atoms with van der Waals surface area (Å²) in [5.74, 6) is 0.00302. The van der Waals surface area contributed by atoms with E-state index in [1.807, 2.05) is 0 Å². The van der Waals surface area contributed by atoms with Crippen LogP contribution in [0.4, 0.5) is 0 Å². The molecule has 0 aliphatic carbocycles. The number of nitrogens with one attached hydrogen (secondary N) is 1. The Morgan fingerprint density at radius 1 is 1.33 bits per heavy atom. The van der Waals surface area contributed by atoms with Crippen LogP contribution in [0.5, 0.6) is 0 Å². The van der Waals surface area contributed by atoms with Gasteiger partial charge in [-0.25, -0.2) is 0 Å². The van der Waals surface area contributed by atoms with Crippen LogP contribution in [0.2, 0.25) is 0 Å². The van der Waals surface area contributed by atoms with Crippen LogP contribution >= 0.6 is 0 Å². The summed E-state index contributed by atoms with van der Waals surface area (Å²) in [5.41, 5.74) is 2.59. The highest BCUT2D eigenvalue weighted by Gasteiger charge is 2.37. The normalized spacial score (nSPS) is 26.0. The minimum absolute atomic E-state index is 0.00302. The van der Waals surface area contributed by atoms with Gasteiger partial charge >= 0.3 is 0 Å². The number of hydrogen-bond donors (Lipinski definition) is 1. The fourth-order valence-corrected chi connectivity index (χ4v) is 3.51. The van der Waals surface area contributed by atoms with Crippen LogP contribution in [0.3, 0.4) is 0 Å². The van der Waals surface area contributed by atoms with Gasteiger partial charge in [0.15, 0.2) is 0 Å². The molecule has 2 aliphatic heterocycles. The first-order chi connectivity index (χ1) is 10.2. The molecule has 1 amide bonds. The van der Waals surface area contributed by atoms with E-state index in [4.69, 9.17) is 4.74 Å². The van der Waals surface area contributed by atoms with E-state index in [0.29, 0.717) is 0 Å². The van der Waals surface area contributed by atoms with Gasteiger partial charge in [0.1, 0.15) is 6.61 Å². The van der Waals surface area contributed by atoms with Crippen molar-refractivity contribution in [3.63, 3.8) is 0 Å². The SMILES string of the molecule is Cn1cc(CN2C[C@@H]3OCC(=O)N[C@@H]3C2)c2ccccc21. The van der Waals surface area contributed by atoms with Gasteiger partial charge in [0.25, 0.3) is 0 Å². The van der Waals surface area contributed by atoms with E-state index >= 15 is 0 Å². The molecule has 21 heavy (non-hydrogen) atoms. The van der Waals surface area contributed by atoms with Crippen molar-refractivity contribution in [1.82, 2.24) is 14.8 Å². The second kappa shape index (κ2) is 4.86. The van der Waals surface area contributed by atoms with Crippen LogP contribution in [0.25, 0.3) is 10.9 Å². The van der Waals surface area contributed by atoms with E-state index in [9.17, 15) is 4.79 Å². The largest absolute Gasteiger partial charge is 0.365 e. The molecule has 0 unspecified atom stereocenters. The molecule has 0 saturated carbocycles. The molecule has 4 rings (SSSR count). The van der Waals surface area contributed by atoms with Crippen LogP contribution in [-0.2, 0) is 23.1 Å². The lowest BCUT2D eigenvalue weighted by atomic mass is 10.1. The van der Waals surface area contributed by atoms with Crippen molar-refractivity contribution < 1.29 is 9.53 Å². The lowest BCUT2D eigenvalue weighted by molar-refractivity contribution is -0.134. The molecule has 0 radical (unpaired) electrons. The van der Waals surface area contributed by atoms with Gasteiger partial charge in [0, 0.05) is 43.8 Å². The minimum atomic E-state index is 0.00302. The van der Waals surface area contributed by atoms with Crippen molar-refractivity contribution in [1.29, 1.82) is 0 Å². The summed E-state index contributed by atoms with van der Waals surface area (Å²) in [6.45, 7) is 2.84. The third kappa shape index (κ3) is 2.22. The van der Waals surface area contributed by atoms with Gasteiger partial charge in [-0.1, -0.05) is 18.2 Å². The third-order valence-corrected chi connectivity index (χ3v) is 4.49. The summed E-state index contributed by atoms with van der Waals surface area (Å²) in [6, 6.07) is 8.61. The number of rotatable bonds is 2. The number of fused-ring (bicyclic) bond motifs is 2.